The predicted octanol–water partition coefficient (Wildman–Crippen LogP) is 5.18. The first kappa shape index (κ1) is 19.3. The van der Waals surface area contributed by atoms with Crippen LogP contribution < -0.4 is 0 Å². The van der Waals surface area contributed by atoms with Crippen LogP contribution in [-0.4, -0.2) is 15.9 Å². The van der Waals surface area contributed by atoms with Gasteiger partial charge in [-0.2, -0.15) is 0 Å². The second kappa shape index (κ2) is 7.47. The summed E-state index contributed by atoms with van der Waals surface area (Å²) in [4.78, 5) is 35.0. The highest BCUT2D eigenvalue weighted by atomic mass is 31.2. The van der Waals surface area contributed by atoms with Gasteiger partial charge in [-0.15, -0.1) is 0 Å². The van der Waals surface area contributed by atoms with Gasteiger partial charge in [-0.1, -0.05) is 76.2 Å². The Hall–Kier alpha value is -2.03. The Morgan fingerprint density at radius 3 is 1.24 bits per heavy atom. The second-order valence-corrected chi connectivity index (χ2v) is 8.70. The van der Waals surface area contributed by atoms with E-state index in [1.54, 1.807) is 24.3 Å². The Bertz CT molecular complexity index is 750. The van der Waals surface area contributed by atoms with Crippen molar-refractivity contribution in [3.63, 3.8) is 0 Å². The number of rotatable bonds is 6. The minimum atomic E-state index is -4.67. The van der Waals surface area contributed by atoms with Gasteiger partial charge in [0.05, 0.1) is 0 Å². The molecule has 1 N–H and O–H groups in total. The van der Waals surface area contributed by atoms with Crippen molar-refractivity contribution in [1.82, 2.24) is 0 Å². The third-order valence-corrected chi connectivity index (χ3v) is 5.82. The van der Waals surface area contributed by atoms with Gasteiger partial charge in [0.2, 0.25) is 0 Å². The molecular weight excluding hydrogens is 335 g/mol. The second-order valence-electron chi connectivity index (χ2n) is 6.74. The first-order valence-electron chi connectivity index (χ1n) is 8.27. The molecule has 132 valence electrons. The Morgan fingerprint density at radius 1 is 0.720 bits per heavy atom. The molecule has 2 rings (SSSR count). The van der Waals surface area contributed by atoms with Crippen LogP contribution in [0.3, 0.4) is 0 Å². The molecule has 2 aromatic rings. The third kappa shape index (κ3) is 4.15. The van der Waals surface area contributed by atoms with E-state index in [9.17, 15) is 19.0 Å². The van der Waals surface area contributed by atoms with Crippen molar-refractivity contribution in [2.75, 3.05) is 0 Å². The van der Waals surface area contributed by atoms with Crippen LogP contribution in [0, 0.1) is 0 Å². The van der Waals surface area contributed by atoms with Gasteiger partial charge in [0, 0.05) is 11.1 Å². The number of hydrogen-bond donors (Lipinski definition) is 1. The Labute approximate surface area is 148 Å². The van der Waals surface area contributed by atoms with Gasteiger partial charge < -0.3 is 4.89 Å². The van der Waals surface area contributed by atoms with Gasteiger partial charge in [-0.05, 0) is 23.0 Å². The molecule has 0 aliphatic rings. The summed E-state index contributed by atoms with van der Waals surface area (Å²) in [6.45, 7) is 8.05. The summed E-state index contributed by atoms with van der Waals surface area (Å²) in [5.74, 6) is 0.567. The smallest absolute Gasteiger partial charge is 0.333 e. The lowest BCUT2D eigenvalue weighted by Crippen LogP contribution is -2.10. The van der Waals surface area contributed by atoms with Crippen LogP contribution in [0.15, 0.2) is 48.5 Å². The molecule has 0 unspecified atom stereocenters. The molecule has 2 aromatic carbocycles. The van der Waals surface area contributed by atoms with Crippen LogP contribution in [0.25, 0.3) is 0 Å². The molecule has 0 aliphatic heterocycles. The van der Waals surface area contributed by atoms with Gasteiger partial charge >= 0.3 is 7.37 Å². The standard InChI is InChI=1S/C20H23O4P/c1-13(2)15-5-9-17(10-6-15)19(21)25(23,24)20(22)18-11-7-16(8-12-18)14(3)4/h5-14H,1-4H3,(H,23,24). The lowest BCUT2D eigenvalue weighted by atomic mass is 10.0. The average molecular weight is 358 g/mol. The van der Waals surface area contributed by atoms with Gasteiger partial charge in [-0.3, -0.25) is 14.2 Å². The molecule has 0 amide bonds. The Kier molecular flexibility index (Phi) is 5.76. The van der Waals surface area contributed by atoms with Crippen LogP contribution in [0.5, 0.6) is 0 Å². The van der Waals surface area contributed by atoms with Crippen LogP contribution in [0.1, 0.15) is 71.4 Å². The van der Waals surface area contributed by atoms with E-state index in [1.807, 2.05) is 27.7 Å². The summed E-state index contributed by atoms with van der Waals surface area (Å²) >= 11 is 0. The number of carbonyl (C=O) groups is 2. The van der Waals surface area contributed by atoms with Crippen LogP contribution in [0.4, 0.5) is 0 Å². The van der Waals surface area contributed by atoms with Gasteiger partial charge in [-0.25, -0.2) is 0 Å². The van der Waals surface area contributed by atoms with E-state index in [4.69, 9.17) is 0 Å². The summed E-state index contributed by atoms with van der Waals surface area (Å²) in [6, 6.07) is 12.9. The van der Waals surface area contributed by atoms with Gasteiger partial charge in [0.15, 0.2) is 0 Å². The van der Waals surface area contributed by atoms with E-state index in [-0.39, 0.29) is 23.0 Å². The number of carbonyl (C=O) groups excluding carboxylic acids is 2. The molecule has 5 heteroatoms. The molecule has 0 aliphatic carbocycles. The summed E-state index contributed by atoms with van der Waals surface area (Å²) in [5.41, 5.74) is 0.117. The topological polar surface area (TPSA) is 71.4 Å². The fourth-order valence-electron chi connectivity index (χ4n) is 2.46. The lowest BCUT2D eigenvalue weighted by molar-refractivity contribution is 0.101. The lowest BCUT2D eigenvalue weighted by Gasteiger charge is -2.12. The maximum atomic E-state index is 12.5. The fourth-order valence-corrected chi connectivity index (χ4v) is 3.65. The summed E-state index contributed by atoms with van der Waals surface area (Å²) in [5, 5.41) is 0. The summed E-state index contributed by atoms with van der Waals surface area (Å²) < 4.78 is 12.5. The fraction of sp³-hybridized carbons (Fsp3) is 0.300. The van der Waals surface area contributed by atoms with Crippen molar-refractivity contribution in [3.05, 3.63) is 70.8 Å². The molecule has 0 fully saturated rings. The molecular formula is C20H23O4P. The van der Waals surface area contributed by atoms with Crippen LogP contribution in [0.2, 0.25) is 0 Å². The van der Waals surface area contributed by atoms with Crippen molar-refractivity contribution >= 4 is 18.4 Å². The predicted molar refractivity (Wildman–Crippen MR) is 99.5 cm³/mol. The monoisotopic (exact) mass is 358 g/mol. The van der Waals surface area contributed by atoms with Crippen molar-refractivity contribution in [1.29, 1.82) is 0 Å². The van der Waals surface area contributed by atoms with E-state index < -0.39 is 18.4 Å². The highest BCUT2D eigenvalue weighted by Gasteiger charge is 2.39. The number of hydrogen-bond acceptors (Lipinski definition) is 3. The molecule has 4 nitrogen and oxygen atoms in total. The van der Waals surface area contributed by atoms with Gasteiger partial charge in [0.25, 0.3) is 11.0 Å². The highest BCUT2D eigenvalue weighted by molar-refractivity contribution is 7.91. The summed E-state index contributed by atoms with van der Waals surface area (Å²) in [6.07, 6.45) is 0. The van der Waals surface area contributed by atoms with Gasteiger partial charge in [0.1, 0.15) is 0 Å². The minimum Gasteiger partial charge on any atom is -0.333 e. The van der Waals surface area contributed by atoms with Crippen LogP contribution in [-0.2, 0) is 4.57 Å². The summed E-state index contributed by atoms with van der Waals surface area (Å²) in [7, 11) is -4.67. The molecule has 0 bridgehead atoms. The molecule has 0 saturated heterocycles. The molecule has 0 aromatic heterocycles. The normalized spacial score (nSPS) is 11.8. The van der Waals surface area contributed by atoms with E-state index in [0.29, 0.717) is 0 Å². The quantitative estimate of drug-likeness (QED) is 0.722. The first-order chi connectivity index (χ1) is 11.6. The van der Waals surface area contributed by atoms with Crippen molar-refractivity contribution in [3.8, 4) is 0 Å². The zero-order valence-electron chi connectivity index (χ0n) is 14.9. The van der Waals surface area contributed by atoms with E-state index in [0.717, 1.165) is 11.1 Å². The third-order valence-electron chi connectivity index (χ3n) is 4.20. The molecule has 0 spiro atoms. The molecule has 0 radical (unpaired) electrons. The molecule has 25 heavy (non-hydrogen) atoms. The molecule has 0 heterocycles. The van der Waals surface area contributed by atoms with E-state index >= 15 is 0 Å². The maximum absolute atomic E-state index is 12.5. The van der Waals surface area contributed by atoms with E-state index in [1.165, 1.54) is 24.3 Å². The zero-order valence-corrected chi connectivity index (χ0v) is 15.8. The van der Waals surface area contributed by atoms with Crippen LogP contribution >= 0.6 is 7.37 Å². The maximum Gasteiger partial charge on any atom is 0.337 e. The largest absolute Gasteiger partial charge is 0.337 e. The Balaban J connectivity index is 2.28. The minimum absolute atomic E-state index is 0.0717. The number of benzene rings is 2. The van der Waals surface area contributed by atoms with E-state index in [2.05, 4.69) is 0 Å². The van der Waals surface area contributed by atoms with Crippen molar-refractivity contribution in [2.24, 2.45) is 0 Å². The SMILES string of the molecule is CC(C)c1ccc(C(=O)P(=O)(O)C(=O)c2ccc(C(C)C)cc2)cc1. The van der Waals surface area contributed by atoms with Crippen molar-refractivity contribution in [2.45, 2.75) is 39.5 Å². The molecule has 0 atom stereocenters. The molecule has 0 saturated carbocycles. The zero-order chi connectivity index (χ0) is 18.8. The highest BCUT2D eigenvalue weighted by Crippen LogP contribution is 2.47. The Morgan fingerprint density at radius 2 is 1.00 bits per heavy atom. The average Bonchev–Trinajstić information content (AvgIpc) is 2.60. The van der Waals surface area contributed by atoms with Crippen molar-refractivity contribution < 1.29 is 19.0 Å². The first-order valence-corrected chi connectivity index (χ1v) is 9.93.